The molecule has 1 aliphatic heterocycles. The lowest BCUT2D eigenvalue weighted by Gasteiger charge is -2.24. The van der Waals surface area contributed by atoms with Gasteiger partial charge in [0.2, 0.25) is 5.91 Å². The Morgan fingerprint density at radius 1 is 1.50 bits per heavy atom. The van der Waals surface area contributed by atoms with Gasteiger partial charge in [-0.1, -0.05) is 31.6 Å². The predicted octanol–water partition coefficient (Wildman–Crippen LogP) is 2.61. The van der Waals surface area contributed by atoms with Gasteiger partial charge in [0.15, 0.2) is 0 Å². The van der Waals surface area contributed by atoms with Crippen molar-refractivity contribution >= 4 is 11.9 Å². The molecule has 1 amide bonds. The number of aliphatic carboxylic acids is 1. The molecule has 1 aliphatic carbocycles. The Morgan fingerprint density at radius 2 is 2.30 bits per heavy atom. The second kappa shape index (κ2) is 6.73. The molecule has 110 valence electrons. The van der Waals surface area contributed by atoms with Crippen LogP contribution in [0.15, 0.2) is 23.8 Å². The Hall–Kier alpha value is -1.58. The van der Waals surface area contributed by atoms with Crippen LogP contribution in [0.4, 0.5) is 0 Å². The number of carboxylic acids is 1. The van der Waals surface area contributed by atoms with Gasteiger partial charge >= 0.3 is 5.97 Å². The molecule has 1 fully saturated rings. The Labute approximate surface area is 120 Å². The Balaban J connectivity index is 2.18. The number of rotatable bonds is 5. The lowest BCUT2D eigenvalue weighted by Crippen LogP contribution is -2.36. The molecule has 2 rings (SSSR count). The van der Waals surface area contributed by atoms with Gasteiger partial charge in [-0.2, -0.15) is 0 Å². The fraction of sp³-hybridized carbons (Fsp3) is 0.625. The molecule has 2 unspecified atom stereocenters. The first-order valence-corrected chi connectivity index (χ1v) is 7.48. The number of nitrogens with zero attached hydrogens (tertiary/aromatic N) is 1. The third-order valence-electron chi connectivity index (χ3n) is 4.20. The van der Waals surface area contributed by atoms with E-state index in [4.69, 9.17) is 5.11 Å². The highest BCUT2D eigenvalue weighted by Crippen LogP contribution is 2.33. The molecule has 1 saturated heterocycles. The molecule has 1 heterocycles. The van der Waals surface area contributed by atoms with E-state index >= 15 is 0 Å². The number of carbonyl (C=O) groups excluding carboxylic acids is 1. The van der Waals surface area contributed by atoms with Crippen molar-refractivity contribution in [3.8, 4) is 0 Å². The Kier molecular flexibility index (Phi) is 4.99. The van der Waals surface area contributed by atoms with Crippen molar-refractivity contribution in [2.24, 2.45) is 11.8 Å². The molecule has 0 saturated carbocycles. The number of amides is 1. The van der Waals surface area contributed by atoms with E-state index in [0.29, 0.717) is 18.9 Å². The number of hydrogen-bond acceptors (Lipinski definition) is 2. The van der Waals surface area contributed by atoms with Gasteiger partial charge in [-0.05, 0) is 30.8 Å². The first-order valence-electron chi connectivity index (χ1n) is 7.48. The van der Waals surface area contributed by atoms with E-state index in [2.05, 4.69) is 19.1 Å². The van der Waals surface area contributed by atoms with Crippen molar-refractivity contribution in [1.82, 2.24) is 4.90 Å². The highest BCUT2D eigenvalue weighted by Gasteiger charge is 2.34. The fourth-order valence-electron chi connectivity index (χ4n) is 3.07. The summed E-state index contributed by atoms with van der Waals surface area (Å²) in [5.41, 5.74) is 1.28. The molecule has 0 spiro atoms. The average molecular weight is 277 g/mol. The maximum Gasteiger partial charge on any atom is 0.304 e. The number of likely N-dealkylation sites (tertiary alicyclic amines) is 1. The minimum atomic E-state index is -0.877. The van der Waals surface area contributed by atoms with Crippen molar-refractivity contribution < 1.29 is 14.7 Å². The van der Waals surface area contributed by atoms with E-state index < -0.39 is 5.97 Å². The molecule has 2 aliphatic rings. The SMILES string of the molecule is CCCCN1CC2=CC=CCC2CC(CC(=O)O)C1=O. The maximum absolute atomic E-state index is 12.5. The zero-order chi connectivity index (χ0) is 14.5. The molecule has 0 aromatic rings. The maximum atomic E-state index is 12.5. The number of carboxylic acid groups (broad SMARTS) is 1. The van der Waals surface area contributed by atoms with E-state index in [1.807, 2.05) is 11.0 Å². The van der Waals surface area contributed by atoms with Gasteiger partial charge in [0, 0.05) is 19.0 Å². The van der Waals surface area contributed by atoms with E-state index in [1.165, 1.54) is 5.57 Å². The molecular formula is C16H23NO3. The highest BCUT2D eigenvalue weighted by atomic mass is 16.4. The minimum Gasteiger partial charge on any atom is -0.481 e. The zero-order valence-electron chi connectivity index (χ0n) is 12.0. The van der Waals surface area contributed by atoms with Crippen LogP contribution in [0.3, 0.4) is 0 Å². The normalized spacial score (nSPS) is 25.9. The molecule has 0 radical (unpaired) electrons. The second-order valence-electron chi connectivity index (χ2n) is 5.75. The number of allylic oxidation sites excluding steroid dienone is 3. The van der Waals surface area contributed by atoms with E-state index in [1.54, 1.807) is 0 Å². The molecule has 0 bridgehead atoms. The van der Waals surface area contributed by atoms with Crippen molar-refractivity contribution in [2.75, 3.05) is 13.1 Å². The summed E-state index contributed by atoms with van der Waals surface area (Å²) in [6, 6.07) is 0. The van der Waals surface area contributed by atoms with Gasteiger partial charge in [0.05, 0.1) is 6.42 Å². The van der Waals surface area contributed by atoms with Gasteiger partial charge in [-0.3, -0.25) is 9.59 Å². The summed E-state index contributed by atoms with van der Waals surface area (Å²) < 4.78 is 0. The van der Waals surface area contributed by atoms with Gasteiger partial charge in [-0.15, -0.1) is 0 Å². The number of fused-ring (bicyclic) bond motifs is 1. The second-order valence-corrected chi connectivity index (χ2v) is 5.75. The quantitative estimate of drug-likeness (QED) is 0.840. The first kappa shape index (κ1) is 14.8. The summed E-state index contributed by atoms with van der Waals surface area (Å²) in [6.07, 6.45) is 9.82. The fourth-order valence-corrected chi connectivity index (χ4v) is 3.07. The number of unbranched alkanes of at least 4 members (excludes halogenated alkanes) is 1. The molecule has 0 aromatic heterocycles. The molecule has 1 N–H and O–H groups in total. The zero-order valence-corrected chi connectivity index (χ0v) is 12.0. The third-order valence-corrected chi connectivity index (χ3v) is 4.20. The average Bonchev–Trinajstić information content (AvgIpc) is 2.54. The lowest BCUT2D eigenvalue weighted by atomic mass is 9.84. The van der Waals surface area contributed by atoms with Crippen LogP contribution in [0.1, 0.15) is 39.0 Å². The molecule has 0 aromatic carbocycles. The van der Waals surface area contributed by atoms with Crippen molar-refractivity contribution in [1.29, 1.82) is 0 Å². The molecular weight excluding hydrogens is 254 g/mol. The van der Waals surface area contributed by atoms with Crippen LogP contribution in [0, 0.1) is 11.8 Å². The monoisotopic (exact) mass is 277 g/mol. The smallest absolute Gasteiger partial charge is 0.304 e. The summed E-state index contributed by atoms with van der Waals surface area (Å²) in [5.74, 6) is -0.889. The van der Waals surface area contributed by atoms with Crippen LogP contribution in [0.5, 0.6) is 0 Å². The number of hydrogen-bond donors (Lipinski definition) is 1. The van der Waals surface area contributed by atoms with E-state index in [0.717, 1.165) is 25.8 Å². The van der Waals surface area contributed by atoms with Crippen LogP contribution in [0.25, 0.3) is 0 Å². The largest absolute Gasteiger partial charge is 0.481 e. The molecule has 4 heteroatoms. The first-order chi connectivity index (χ1) is 9.61. The van der Waals surface area contributed by atoms with Crippen LogP contribution in [0.2, 0.25) is 0 Å². The van der Waals surface area contributed by atoms with Crippen LogP contribution in [-0.4, -0.2) is 35.0 Å². The van der Waals surface area contributed by atoms with Crippen molar-refractivity contribution in [2.45, 2.75) is 39.0 Å². The third kappa shape index (κ3) is 3.50. The minimum absolute atomic E-state index is 0.0242. The van der Waals surface area contributed by atoms with Crippen LogP contribution < -0.4 is 0 Å². The molecule has 4 nitrogen and oxygen atoms in total. The number of carbonyl (C=O) groups is 2. The van der Waals surface area contributed by atoms with Crippen LogP contribution in [-0.2, 0) is 9.59 Å². The Morgan fingerprint density at radius 3 is 3.00 bits per heavy atom. The summed E-state index contributed by atoms with van der Waals surface area (Å²) in [6.45, 7) is 3.51. The van der Waals surface area contributed by atoms with Gasteiger partial charge in [0.1, 0.15) is 0 Å². The van der Waals surface area contributed by atoms with E-state index in [-0.39, 0.29) is 18.2 Å². The highest BCUT2D eigenvalue weighted by molar-refractivity contribution is 5.84. The summed E-state index contributed by atoms with van der Waals surface area (Å²) in [4.78, 5) is 25.4. The molecule has 2 atom stereocenters. The summed E-state index contributed by atoms with van der Waals surface area (Å²) in [7, 11) is 0. The van der Waals surface area contributed by atoms with E-state index in [9.17, 15) is 9.59 Å². The Bertz CT molecular complexity index is 439. The summed E-state index contributed by atoms with van der Waals surface area (Å²) in [5, 5.41) is 9.03. The van der Waals surface area contributed by atoms with Gasteiger partial charge < -0.3 is 10.0 Å². The predicted molar refractivity (Wildman–Crippen MR) is 77.2 cm³/mol. The van der Waals surface area contributed by atoms with Crippen LogP contribution >= 0.6 is 0 Å². The van der Waals surface area contributed by atoms with Gasteiger partial charge in [-0.25, -0.2) is 0 Å². The lowest BCUT2D eigenvalue weighted by molar-refractivity contribution is -0.144. The standard InChI is InChI=1S/C16H23NO3/c1-2-3-8-17-11-13-7-5-4-6-12(13)9-14(16(17)20)10-15(18)19/h4-5,7,12,14H,2-3,6,8-11H2,1H3,(H,18,19). The topological polar surface area (TPSA) is 57.6 Å². The van der Waals surface area contributed by atoms with Crippen molar-refractivity contribution in [3.63, 3.8) is 0 Å². The van der Waals surface area contributed by atoms with Gasteiger partial charge in [0.25, 0.3) is 0 Å². The molecule has 20 heavy (non-hydrogen) atoms. The van der Waals surface area contributed by atoms with Crippen molar-refractivity contribution in [3.05, 3.63) is 23.8 Å². The summed E-state index contributed by atoms with van der Waals surface area (Å²) >= 11 is 0.